The molecule has 2 rings (SSSR count). The van der Waals surface area contributed by atoms with Gasteiger partial charge in [-0.25, -0.2) is 19.1 Å². The van der Waals surface area contributed by atoms with Crippen LogP contribution in [0.3, 0.4) is 0 Å². The van der Waals surface area contributed by atoms with Gasteiger partial charge >= 0.3 is 11.8 Å². The van der Waals surface area contributed by atoms with Crippen molar-refractivity contribution < 1.29 is 9.53 Å². The van der Waals surface area contributed by atoms with Crippen molar-refractivity contribution in [2.45, 2.75) is 33.4 Å². The second-order valence-electron chi connectivity index (χ2n) is 5.37. The first-order valence-electron chi connectivity index (χ1n) is 7.36. The predicted octanol–water partition coefficient (Wildman–Crippen LogP) is 1.21. The number of hydrogen-bond donors (Lipinski definition) is 0. The quantitative estimate of drug-likeness (QED) is 0.773. The molecule has 2 aromatic heterocycles. The van der Waals surface area contributed by atoms with E-state index in [9.17, 15) is 14.4 Å². The van der Waals surface area contributed by atoms with E-state index < -0.39 is 17.3 Å². The Kier molecular flexibility index (Phi) is 4.83. The van der Waals surface area contributed by atoms with Gasteiger partial charge in [0.05, 0.1) is 7.11 Å². The monoisotopic (exact) mass is 320 g/mol. The molecular weight excluding hydrogens is 300 g/mol. The van der Waals surface area contributed by atoms with Gasteiger partial charge in [0.15, 0.2) is 11.2 Å². The third-order valence-corrected chi connectivity index (χ3v) is 3.79. The Balaban J connectivity index is 2.86. The van der Waals surface area contributed by atoms with Crippen molar-refractivity contribution in [2.75, 3.05) is 7.11 Å². The summed E-state index contributed by atoms with van der Waals surface area (Å²) in [5, 5.41) is 0. The minimum absolute atomic E-state index is 0.0293. The molecule has 0 amide bonds. The third kappa shape index (κ3) is 2.84. The molecule has 0 fully saturated rings. The molecule has 0 saturated heterocycles. The Morgan fingerprint density at radius 2 is 2.13 bits per heavy atom. The van der Waals surface area contributed by atoms with Crippen LogP contribution in [-0.2, 0) is 17.8 Å². The van der Waals surface area contributed by atoms with Crippen LogP contribution in [-0.4, -0.2) is 31.9 Å². The number of aromatic nitrogens is 4. The lowest BCUT2D eigenvalue weighted by molar-refractivity contribution is 0.174. The molecule has 8 nitrogen and oxygen atoms in total. The van der Waals surface area contributed by atoms with E-state index in [1.54, 1.807) is 0 Å². The molecule has 0 aromatic carbocycles. The number of nitrogens with zero attached hydrogens (tertiary/aromatic N) is 4. The summed E-state index contributed by atoms with van der Waals surface area (Å²) in [6, 6.07) is 0. The SMILES string of the molecule is C=CCn1c(=O)c2c(ncn2C(=O)OC)n(CC(C)CC)c1=O. The molecule has 0 aliphatic rings. The summed E-state index contributed by atoms with van der Waals surface area (Å²) in [5.74, 6) is 0.217. The molecule has 2 aromatic rings. The maximum atomic E-state index is 12.6. The molecule has 0 N–H and O–H groups in total. The summed E-state index contributed by atoms with van der Waals surface area (Å²) in [7, 11) is 1.21. The highest BCUT2D eigenvalue weighted by Crippen LogP contribution is 2.11. The molecule has 124 valence electrons. The fourth-order valence-corrected chi connectivity index (χ4v) is 2.32. The van der Waals surface area contributed by atoms with Crippen LogP contribution in [0.5, 0.6) is 0 Å². The van der Waals surface area contributed by atoms with Crippen molar-refractivity contribution in [3.63, 3.8) is 0 Å². The van der Waals surface area contributed by atoms with Crippen molar-refractivity contribution in [2.24, 2.45) is 5.92 Å². The number of carbonyl (C=O) groups excluding carboxylic acids is 1. The van der Waals surface area contributed by atoms with Crippen LogP contribution in [0.15, 0.2) is 28.6 Å². The summed E-state index contributed by atoms with van der Waals surface area (Å²) in [6.07, 6.45) is 2.79. The lowest BCUT2D eigenvalue weighted by Crippen LogP contribution is -2.41. The molecular formula is C15H20N4O4. The summed E-state index contributed by atoms with van der Waals surface area (Å²) >= 11 is 0. The van der Waals surface area contributed by atoms with E-state index in [0.29, 0.717) is 6.54 Å². The minimum atomic E-state index is -0.733. The molecule has 0 bridgehead atoms. The lowest BCUT2D eigenvalue weighted by Gasteiger charge is -2.14. The van der Waals surface area contributed by atoms with E-state index >= 15 is 0 Å². The van der Waals surface area contributed by atoms with Crippen LogP contribution >= 0.6 is 0 Å². The fourth-order valence-electron chi connectivity index (χ4n) is 2.32. The number of hydrogen-bond acceptors (Lipinski definition) is 5. The van der Waals surface area contributed by atoms with Crippen molar-refractivity contribution >= 4 is 17.3 Å². The molecule has 0 aliphatic heterocycles. The average Bonchev–Trinajstić information content (AvgIpc) is 2.99. The molecule has 0 radical (unpaired) electrons. The van der Waals surface area contributed by atoms with Crippen LogP contribution < -0.4 is 11.2 Å². The Hall–Kier alpha value is -2.64. The highest BCUT2D eigenvalue weighted by atomic mass is 16.5. The fraction of sp³-hybridized carbons (Fsp3) is 0.467. The van der Waals surface area contributed by atoms with Gasteiger partial charge in [-0.15, -0.1) is 6.58 Å². The Bertz CT molecular complexity index is 859. The number of imidazole rings is 1. The highest BCUT2D eigenvalue weighted by molar-refractivity contribution is 5.84. The van der Waals surface area contributed by atoms with Crippen LogP contribution in [0.2, 0.25) is 0 Å². The third-order valence-electron chi connectivity index (χ3n) is 3.79. The van der Waals surface area contributed by atoms with Gasteiger partial charge < -0.3 is 4.74 Å². The van der Waals surface area contributed by atoms with Crippen molar-refractivity contribution in [3.8, 4) is 0 Å². The van der Waals surface area contributed by atoms with Crippen LogP contribution in [0.4, 0.5) is 4.79 Å². The van der Waals surface area contributed by atoms with Gasteiger partial charge in [0.2, 0.25) is 0 Å². The maximum absolute atomic E-state index is 12.6. The number of methoxy groups -OCH3 is 1. The minimum Gasteiger partial charge on any atom is -0.452 e. The van der Waals surface area contributed by atoms with Gasteiger partial charge in [0, 0.05) is 13.1 Å². The zero-order valence-electron chi connectivity index (χ0n) is 13.5. The summed E-state index contributed by atoms with van der Waals surface area (Å²) in [4.78, 5) is 41.1. The molecule has 1 atom stereocenters. The van der Waals surface area contributed by atoms with E-state index in [-0.39, 0.29) is 23.6 Å². The smallest absolute Gasteiger partial charge is 0.419 e. The normalized spacial score (nSPS) is 12.3. The summed E-state index contributed by atoms with van der Waals surface area (Å²) in [6.45, 7) is 8.04. The first-order chi connectivity index (χ1) is 11.0. The van der Waals surface area contributed by atoms with E-state index in [2.05, 4.69) is 16.3 Å². The number of carbonyl (C=O) groups is 1. The van der Waals surface area contributed by atoms with Crippen LogP contribution in [0, 0.1) is 5.92 Å². The van der Waals surface area contributed by atoms with Gasteiger partial charge in [-0.2, -0.15) is 0 Å². The van der Waals surface area contributed by atoms with E-state index in [1.807, 2.05) is 13.8 Å². The molecule has 0 spiro atoms. The van der Waals surface area contributed by atoms with Gasteiger partial charge in [0.1, 0.15) is 6.33 Å². The van der Waals surface area contributed by atoms with E-state index in [1.165, 1.54) is 24.1 Å². The molecule has 2 heterocycles. The lowest BCUT2D eigenvalue weighted by atomic mass is 10.1. The summed E-state index contributed by atoms with van der Waals surface area (Å²) in [5.41, 5.74) is -0.835. The first-order valence-corrected chi connectivity index (χ1v) is 7.36. The molecule has 23 heavy (non-hydrogen) atoms. The Labute approximate surface area is 132 Å². The van der Waals surface area contributed by atoms with Gasteiger partial charge in [-0.05, 0) is 5.92 Å². The van der Waals surface area contributed by atoms with Crippen molar-refractivity contribution in [3.05, 3.63) is 39.8 Å². The van der Waals surface area contributed by atoms with Crippen LogP contribution in [0.25, 0.3) is 11.2 Å². The second kappa shape index (κ2) is 6.64. The number of fused-ring (bicyclic) bond motifs is 1. The Morgan fingerprint density at radius 3 is 2.70 bits per heavy atom. The van der Waals surface area contributed by atoms with Crippen LogP contribution in [0.1, 0.15) is 20.3 Å². The number of allylic oxidation sites excluding steroid dienone is 1. The first kappa shape index (κ1) is 16.7. The van der Waals surface area contributed by atoms with Gasteiger partial charge in [-0.1, -0.05) is 26.3 Å². The zero-order valence-corrected chi connectivity index (χ0v) is 13.5. The number of ether oxygens (including phenoxy) is 1. The topological polar surface area (TPSA) is 88.1 Å². The second-order valence-corrected chi connectivity index (χ2v) is 5.37. The summed E-state index contributed by atoms with van der Waals surface area (Å²) < 4.78 is 8.14. The number of rotatable bonds is 5. The Morgan fingerprint density at radius 1 is 1.43 bits per heavy atom. The van der Waals surface area contributed by atoms with Crippen molar-refractivity contribution in [1.82, 2.24) is 18.7 Å². The zero-order chi connectivity index (χ0) is 17.1. The highest BCUT2D eigenvalue weighted by Gasteiger charge is 2.21. The average molecular weight is 320 g/mol. The predicted molar refractivity (Wildman–Crippen MR) is 85.7 cm³/mol. The molecule has 8 heteroatoms. The van der Waals surface area contributed by atoms with Crippen molar-refractivity contribution in [1.29, 1.82) is 0 Å². The largest absolute Gasteiger partial charge is 0.452 e. The maximum Gasteiger partial charge on any atom is 0.419 e. The van der Waals surface area contributed by atoms with Gasteiger partial charge in [0.25, 0.3) is 5.56 Å². The van der Waals surface area contributed by atoms with E-state index in [0.717, 1.165) is 15.6 Å². The molecule has 0 saturated carbocycles. The molecule has 1 unspecified atom stereocenters. The standard InChI is InChI=1S/C15H20N4O4/c1-5-7-17-13(20)11-12(16-9-19(11)15(22)23-4)18(14(17)21)8-10(3)6-2/h5,9-10H,1,6-8H2,2-4H3. The van der Waals surface area contributed by atoms with Gasteiger partial charge in [-0.3, -0.25) is 13.9 Å². The van der Waals surface area contributed by atoms with E-state index in [4.69, 9.17) is 0 Å². The molecule has 0 aliphatic carbocycles.